The molecule has 1 amide bonds. The van der Waals surface area contributed by atoms with E-state index in [1.165, 1.54) is 23.9 Å². The van der Waals surface area contributed by atoms with Crippen LogP contribution in [0.4, 0.5) is 5.69 Å². The first-order valence-corrected chi connectivity index (χ1v) is 9.06. The number of hydrogen-bond acceptors (Lipinski definition) is 6. The number of hydrogen-bond donors (Lipinski definition) is 0. The Labute approximate surface area is 155 Å². The summed E-state index contributed by atoms with van der Waals surface area (Å²) in [7, 11) is 1.57. The summed E-state index contributed by atoms with van der Waals surface area (Å²) < 4.78 is 11.0. The third-order valence-electron chi connectivity index (χ3n) is 3.99. The number of non-ortho nitro benzene ring substituents is 1. The molecule has 0 N–H and O–H groups in total. The highest BCUT2D eigenvalue weighted by Gasteiger charge is 2.33. The molecular formula is C18H18N2O5S. The molecule has 0 bridgehead atoms. The van der Waals surface area contributed by atoms with Crippen LogP contribution in [0.5, 0.6) is 11.5 Å². The topological polar surface area (TPSA) is 81.9 Å². The maximum absolute atomic E-state index is 12.2. The van der Waals surface area contributed by atoms with E-state index >= 15 is 0 Å². The maximum Gasteiger partial charge on any atom is 0.269 e. The number of nitro benzene ring substituents is 1. The Balaban J connectivity index is 1.68. The van der Waals surface area contributed by atoms with Gasteiger partial charge in [0.15, 0.2) is 11.5 Å². The Hall–Kier alpha value is -2.74. The van der Waals surface area contributed by atoms with Gasteiger partial charge in [0.25, 0.3) is 5.69 Å². The quantitative estimate of drug-likeness (QED) is 0.546. The van der Waals surface area contributed by atoms with Crippen molar-refractivity contribution >= 4 is 23.4 Å². The van der Waals surface area contributed by atoms with Gasteiger partial charge in [0.1, 0.15) is 12.0 Å². The average molecular weight is 374 g/mol. The van der Waals surface area contributed by atoms with Gasteiger partial charge in [-0.15, -0.1) is 11.8 Å². The zero-order valence-electron chi connectivity index (χ0n) is 14.2. The lowest BCUT2D eigenvalue weighted by Crippen LogP contribution is -2.32. The van der Waals surface area contributed by atoms with Crippen molar-refractivity contribution in [3.8, 4) is 11.5 Å². The summed E-state index contributed by atoms with van der Waals surface area (Å²) >= 11 is 1.46. The summed E-state index contributed by atoms with van der Waals surface area (Å²) in [6.45, 7) is 0.690. The fraction of sp³-hybridized carbons (Fsp3) is 0.278. The van der Waals surface area contributed by atoms with E-state index in [4.69, 9.17) is 9.47 Å². The van der Waals surface area contributed by atoms with Crippen molar-refractivity contribution in [3.05, 3.63) is 64.2 Å². The molecule has 1 aliphatic rings. The molecule has 7 nitrogen and oxygen atoms in total. The summed E-state index contributed by atoms with van der Waals surface area (Å²) in [5, 5.41) is 10.7. The van der Waals surface area contributed by atoms with E-state index in [0.29, 0.717) is 30.4 Å². The number of thioether (sulfide) groups is 1. The fourth-order valence-corrected chi connectivity index (χ4v) is 3.96. The monoisotopic (exact) mass is 374 g/mol. The van der Waals surface area contributed by atoms with E-state index in [-0.39, 0.29) is 17.0 Å². The molecule has 0 aromatic heterocycles. The first-order chi connectivity index (χ1) is 12.6. The maximum atomic E-state index is 12.2. The molecule has 0 radical (unpaired) electrons. The van der Waals surface area contributed by atoms with Crippen LogP contribution in [0, 0.1) is 10.1 Å². The van der Waals surface area contributed by atoms with Crippen LogP contribution in [0.2, 0.25) is 0 Å². The third kappa shape index (κ3) is 3.91. The summed E-state index contributed by atoms with van der Waals surface area (Å²) in [4.78, 5) is 24.5. The number of carbonyl (C=O) groups excluding carboxylic acids is 1. The molecule has 1 saturated heterocycles. The Morgan fingerprint density at radius 2 is 2.00 bits per heavy atom. The Morgan fingerprint density at radius 1 is 1.23 bits per heavy atom. The first kappa shape index (κ1) is 18.1. The predicted octanol–water partition coefficient (Wildman–Crippen LogP) is 3.26. The van der Waals surface area contributed by atoms with Crippen molar-refractivity contribution in [2.45, 2.75) is 5.37 Å². The van der Waals surface area contributed by atoms with Crippen molar-refractivity contribution in [2.24, 2.45) is 0 Å². The van der Waals surface area contributed by atoms with Gasteiger partial charge in [-0.05, 0) is 17.7 Å². The van der Waals surface area contributed by atoms with E-state index in [0.717, 1.165) is 5.56 Å². The van der Waals surface area contributed by atoms with Gasteiger partial charge in [-0.2, -0.15) is 0 Å². The highest BCUT2D eigenvalue weighted by atomic mass is 32.2. The van der Waals surface area contributed by atoms with Crippen LogP contribution in [0.1, 0.15) is 10.9 Å². The number of methoxy groups -OCH3 is 1. The molecular weight excluding hydrogens is 356 g/mol. The number of ether oxygens (including phenoxy) is 2. The lowest BCUT2D eigenvalue weighted by molar-refractivity contribution is -0.384. The van der Waals surface area contributed by atoms with Gasteiger partial charge in [0.2, 0.25) is 5.91 Å². The molecule has 0 unspecified atom stereocenters. The number of para-hydroxylation sites is 2. The zero-order chi connectivity index (χ0) is 18.5. The standard InChI is InChI=1S/C18H18N2O5S/c1-24-15-7-2-3-8-16(15)25-10-9-19-17(21)12-26-18(19)13-5-4-6-14(11-13)20(22)23/h2-8,11,18H,9-10,12H2,1H3/t18-/m1/s1. The third-order valence-corrected chi connectivity index (χ3v) is 5.25. The summed E-state index contributed by atoms with van der Waals surface area (Å²) in [5.41, 5.74) is 0.764. The molecule has 3 rings (SSSR count). The van der Waals surface area contributed by atoms with Crippen LogP contribution in [0.25, 0.3) is 0 Å². The number of nitrogens with zero attached hydrogens (tertiary/aromatic N) is 2. The van der Waals surface area contributed by atoms with Crippen molar-refractivity contribution in [1.29, 1.82) is 0 Å². The minimum Gasteiger partial charge on any atom is -0.493 e. The highest BCUT2D eigenvalue weighted by molar-refractivity contribution is 8.00. The second-order valence-electron chi connectivity index (χ2n) is 5.60. The van der Waals surface area contributed by atoms with Crippen molar-refractivity contribution in [1.82, 2.24) is 4.90 Å². The average Bonchev–Trinajstić information content (AvgIpc) is 3.03. The minimum absolute atomic E-state index is 0.00451. The lowest BCUT2D eigenvalue weighted by Gasteiger charge is -2.24. The Morgan fingerprint density at radius 3 is 2.73 bits per heavy atom. The molecule has 2 aromatic carbocycles. The molecule has 8 heteroatoms. The van der Waals surface area contributed by atoms with Gasteiger partial charge in [-0.3, -0.25) is 14.9 Å². The van der Waals surface area contributed by atoms with Crippen LogP contribution >= 0.6 is 11.8 Å². The molecule has 0 saturated carbocycles. The normalized spacial score (nSPS) is 16.6. The SMILES string of the molecule is COc1ccccc1OCCN1C(=O)CS[C@@H]1c1cccc([N+](=O)[O-])c1. The van der Waals surface area contributed by atoms with Crippen LogP contribution < -0.4 is 9.47 Å². The van der Waals surface area contributed by atoms with Gasteiger partial charge in [-0.1, -0.05) is 24.3 Å². The summed E-state index contributed by atoms with van der Waals surface area (Å²) in [5.74, 6) is 1.59. The van der Waals surface area contributed by atoms with Gasteiger partial charge in [0.05, 0.1) is 24.3 Å². The molecule has 1 atom stereocenters. The van der Waals surface area contributed by atoms with Crippen LogP contribution in [0.15, 0.2) is 48.5 Å². The van der Waals surface area contributed by atoms with Crippen LogP contribution in [0.3, 0.4) is 0 Å². The summed E-state index contributed by atoms with van der Waals surface area (Å²) in [6, 6.07) is 13.7. The molecule has 136 valence electrons. The predicted molar refractivity (Wildman–Crippen MR) is 98.5 cm³/mol. The smallest absolute Gasteiger partial charge is 0.269 e. The number of carbonyl (C=O) groups is 1. The van der Waals surface area contributed by atoms with E-state index in [1.807, 2.05) is 12.1 Å². The fourth-order valence-electron chi connectivity index (χ4n) is 2.76. The number of benzene rings is 2. The second-order valence-corrected chi connectivity index (χ2v) is 6.67. The molecule has 1 heterocycles. The highest BCUT2D eigenvalue weighted by Crippen LogP contribution is 2.39. The molecule has 1 aliphatic heterocycles. The van der Waals surface area contributed by atoms with Gasteiger partial charge >= 0.3 is 0 Å². The molecule has 0 spiro atoms. The van der Waals surface area contributed by atoms with Gasteiger partial charge in [-0.25, -0.2) is 0 Å². The van der Waals surface area contributed by atoms with Crippen molar-refractivity contribution in [3.63, 3.8) is 0 Å². The number of amides is 1. The summed E-state index contributed by atoms with van der Waals surface area (Å²) in [6.07, 6.45) is 0. The van der Waals surface area contributed by atoms with E-state index in [9.17, 15) is 14.9 Å². The van der Waals surface area contributed by atoms with Gasteiger partial charge < -0.3 is 14.4 Å². The Bertz CT molecular complexity index is 814. The van der Waals surface area contributed by atoms with Crippen molar-refractivity contribution in [2.75, 3.05) is 26.0 Å². The lowest BCUT2D eigenvalue weighted by atomic mass is 10.2. The zero-order valence-corrected chi connectivity index (χ0v) is 15.0. The number of nitro groups is 1. The van der Waals surface area contributed by atoms with E-state index < -0.39 is 4.92 Å². The second kappa shape index (κ2) is 8.09. The first-order valence-electron chi connectivity index (χ1n) is 8.01. The minimum atomic E-state index is -0.430. The van der Waals surface area contributed by atoms with Crippen LogP contribution in [-0.4, -0.2) is 41.7 Å². The largest absolute Gasteiger partial charge is 0.493 e. The van der Waals surface area contributed by atoms with E-state index in [2.05, 4.69) is 0 Å². The molecule has 2 aromatic rings. The molecule has 1 fully saturated rings. The molecule has 26 heavy (non-hydrogen) atoms. The Kier molecular flexibility index (Phi) is 5.62. The van der Waals surface area contributed by atoms with Crippen molar-refractivity contribution < 1.29 is 19.2 Å². The molecule has 0 aliphatic carbocycles. The van der Waals surface area contributed by atoms with Crippen LogP contribution in [-0.2, 0) is 4.79 Å². The van der Waals surface area contributed by atoms with Gasteiger partial charge in [0, 0.05) is 12.1 Å². The number of rotatable bonds is 7. The van der Waals surface area contributed by atoms with E-state index in [1.54, 1.807) is 36.3 Å².